The molecular formula is C57H111NO5. The van der Waals surface area contributed by atoms with Gasteiger partial charge in [0.25, 0.3) is 0 Å². The number of ether oxygens (including phenoxy) is 1. The predicted octanol–water partition coefficient (Wildman–Crippen LogP) is 17.3. The maximum Gasteiger partial charge on any atom is 0.305 e. The summed E-state index contributed by atoms with van der Waals surface area (Å²) in [5, 5.41) is 22.9. The standard InChI is InChI=1S/C57H111NO5/c1-3-5-7-9-11-13-30-35-39-43-47-51-57(62)63-52-48-44-40-36-32-29-27-25-23-21-19-17-15-14-16-18-20-22-24-26-28-31-34-38-42-46-50-56(61)58-54(53-59)55(60)49-45-41-37-33-12-10-8-6-4-2/h45,49,54-55,59-60H,3-44,46-48,50-53H2,1-2H3,(H,58,61)/b49-45+. The number of hydrogen-bond acceptors (Lipinski definition) is 5. The lowest BCUT2D eigenvalue weighted by Gasteiger charge is -2.20. The highest BCUT2D eigenvalue weighted by atomic mass is 16.5. The topological polar surface area (TPSA) is 95.9 Å². The monoisotopic (exact) mass is 890 g/mol. The Balaban J connectivity index is 3.33. The van der Waals surface area contributed by atoms with Crippen LogP contribution in [0.2, 0.25) is 0 Å². The largest absolute Gasteiger partial charge is 0.466 e. The molecule has 6 nitrogen and oxygen atoms in total. The summed E-state index contributed by atoms with van der Waals surface area (Å²) in [6.45, 7) is 4.89. The molecule has 0 saturated carbocycles. The maximum atomic E-state index is 12.4. The number of rotatable bonds is 53. The van der Waals surface area contributed by atoms with Crippen LogP contribution in [0.5, 0.6) is 0 Å². The Kier molecular flexibility index (Phi) is 52.0. The van der Waals surface area contributed by atoms with E-state index in [0.717, 1.165) is 38.5 Å². The molecule has 2 atom stereocenters. The second kappa shape index (κ2) is 53.2. The third kappa shape index (κ3) is 49.9. The zero-order valence-corrected chi connectivity index (χ0v) is 42.6. The van der Waals surface area contributed by atoms with Gasteiger partial charge < -0.3 is 20.3 Å². The molecule has 6 heteroatoms. The van der Waals surface area contributed by atoms with E-state index in [1.807, 2.05) is 6.08 Å². The van der Waals surface area contributed by atoms with E-state index in [2.05, 4.69) is 19.2 Å². The summed E-state index contributed by atoms with van der Waals surface area (Å²) < 4.78 is 5.46. The number of allylic oxidation sites excluding steroid dienone is 1. The summed E-state index contributed by atoms with van der Waals surface area (Å²) in [6.07, 6.45) is 62.5. The van der Waals surface area contributed by atoms with Gasteiger partial charge in [0.1, 0.15) is 0 Å². The first-order valence-electron chi connectivity index (χ1n) is 28.5. The van der Waals surface area contributed by atoms with Crippen LogP contribution in [-0.4, -0.2) is 47.4 Å². The van der Waals surface area contributed by atoms with Crippen LogP contribution in [0.15, 0.2) is 12.2 Å². The van der Waals surface area contributed by atoms with E-state index in [4.69, 9.17) is 4.74 Å². The fourth-order valence-electron chi connectivity index (χ4n) is 8.93. The molecule has 0 rings (SSSR count). The number of nitrogens with one attached hydrogen (secondary N) is 1. The fraction of sp³-hybridized carbons (Fsp3) is 0.930. The van der Waals surface area contributed by atoms with E-state index in [9.17, 15) is 19.8 Å². The third-order valence-corrected chi connectivity index (χ3v) is 13.3. The van der Waals surface area contributed by atoms with Crippen molar-refractivity contribution in [3.63, 3.8) is 0 Å². The summed E-state index contributed by atoms with van der Waals surface area (Å²) in [6, 6.07) is -0.622. The van der Waals surface area contributed by atoms with E-state index >= 15 is 0 Å². The number of esters is 1. The molecule has 0 radical (unpaired) electrons. The summed E-state index contributed by atoms with van der Waals surface area (Å²) in [5.41, 5.74) is 0. The van der Waals surface area contributed by atoms with Gasteiger partial charge in [0, 0.05) is 12.8 Å². The lowest BCUT2D eigenvalue weighted by Crippen LogP contribution is -2.45. The molecule has 63 heavy (non-hydrogen) atoms. The minimum absolute atomic E-state index is 0.0166. The van der Waals surface area contributed by atoms with Gasteiger partial charge in [-0.2, -0.15) is 0 Å². The number of unbranched alkanes of at least 4 members (excludes halogenated alkanes) is 42. The minimum Gasteiger partial charge on any atom is -0.466 e. The Morgan fingerprint density at radius 2 is 0.730 bits per heavy atom. The van der Waals surface area contributed by atoms with Gasteiger partial charge >= 0.3 is 5.97 Å². The van der Waals surface area contributed by atoms with Crippen LogP contribution in [0.3, 0.4) is 0 Å². The first-order valence-corrected chi connectivity index (χ1v) is 28.5. The Morgan fingerprint density at radius 3 is 1.08 bits per heavy atom. The maximum absolute atomic E-state index is 12.4. The number of aliphatic hydroxyl groups excluding tert-OH is 2. The van der Waals surface area contributed by atoms with Crippen molar-refractivity contribution in [1.82, 2.24) is 5.32 Å². The Hall–Kier alpha value is -1.40. The van der Waals surface area contributed by atoms with Gasteiger partial charge in [-0.15, -0.1) is 0 Å². The van der Waals surface area contributed by atoms with Gasteiger partial charge in [-0.1, -0.05) is 283 Å². The minimum atomic E-state index is -0.839. The quantitative estimate of drug-likeness (QED) is 0.0321. The van der Waals surface area contributed by atoms with Crippen molar-refractivity contribution < 1.29 is 24.5 Å². The summed E-state index contributed by atoms with van der Waals surface area (Å²) in [7, 11) is 0. The Labute approximate surface area is 393 Å². The van der Waals surface area contributed by atoms with Crippen LogP contribution in [-0.2, 0) is 14.3 Å². The first kappa shape index (κ1) is 61.6. The molecule has 374 valence electrons. The summed E-state index contributed by atoms with van der Waals surface area (Å²) in [4.78, 5) is 24.4. The van der Waals surface area contributed by atoms with Crippen LogP contribution in [0.1, 0.15) is 316 Å². The number of amides is 1. The number of carbonyl (C=O) groups is 2. The highest BCUT2D eigenvalue weighted by Crippen LogP contribution is 2.17. The van der Waals surface area contributed by atoms with Gasteiger partial charge in [-0.05, 0) is 32.1 Å². The molecule has 0 heterocycles. The van der Waals surface area contributed by atoms with E-state index < -0.39 is 12.1 Å². The zero-order chi connectivity index (χ0) is 45.8. The van der Waals surface area contributed by atoms with Crippen LogP contribution in [0, 0.1) is 0 Å². The van der Waals surface area contributed by atoms with Crippen molar-refractivity contribution in [3.8, 4) is 0 Å². The molecule has 0 saturated heterocycles. The van der Waals surface area contributed by atoms with Gasteiger partial charge in [-0.3, -0.25) is 9.59 Å². The van der Waals surface area contributed by atoms with Crippen molar-refractivity contribution in [2.45, 2.75) is 328 Å². The molecule has 0 aliphatic carbocycles. The number of aliphatic hydroxyl groups is 2. The average molecular weight is 891 g/mol. The molecule has 0 spiro atoms. The molecule has 1 amide bonds. The van der Waals surface area contributed by atoms with E-state index in [1.54, 1.807) is 6.08 Å². The second-order valence-corrected chi connectivity index (χ2v) is 19.6. The third-order valence-electron chi connectivity index (χ3n) is 13.3. The second-order valence-electron chi connectivity index (χ2n) is 19.6. The van der Waals surface area contributed by atoms with Crippen LogP contribution >= 0.6 is 0 Å². The van der Waals surface area contributed by atoms with Gasteiger partial charge in [0.15, 0.2) is 0 Å². The molecular weight excluding hydrogens is 779 g/mol. The normalized spacial score (nSPS) is 12.6. The molecule has 0 aromatic heterocycles. The van der Waals surface area contributed by atoms with Crippen LogP contribution in [0.25, 0.3) is 0 Å². The number of carbonyl (C=O) groups excluding carboxylic acids is 2. The van der Waals surface area contributed by atoms with E-state index in [0.29, 0.717) is 19.4 Å². The number of hydrogen-bond donors (Lipinski definition) is 3. The smallest absolute Gasteiger partial charge is 0.305 e. The molecule has 3 N–H and O–H groups in total. The lowest BCUT2D eigenvalue weighted by atomic mass is 10.0. The van der Waals surface area contributed by atoms with Gasteiger partial charge in [0.05, 0.1) is 25.4 Å². The SMILES string of the molecule is CCCCCCCCC/C=C/C(O)C(CO)NC(=O)CCCCCCCCCCCCCCCCCCCCCCCCCCCCOC(=O)CCCCCCCCCCCCC. The molecule has 0 aromatic carbocycles. The van der Waals surface area contributed by atoms with E-state index in [1.165, 1.54) is 250 Å². The average Bonchev–Trinajstić information content (AvgIpc) is 3.28. The van der Waals surface area contributed by atoms with Crippen molar-refractivity contribution in [1.29, 1.82) is 0 Å². The molecule has 0 aliphatic heterocycles. The first-order chi connectivity index (χ1) is 31.0. The zero-order valence-electron chi connectivity index (χ0n) is 42.6. The Bertz CT molecular complexity index is 939. The van der Waals surface area contributed by atoms with Crippen molar-refractivity contribution in [2.75, 3.05) is 13.2 Å². The summed E-state index contributed by atoms with van der Waals surface area (Å²) >= 11 is 0. The van der Waals surface area contributed by atoms with Gasteiger partial charge in [-0.25, -0.2) is 0 Å². The van der Waals surface area contributed by atoms with Gasteiger partial charge in [0.2, 0.25) is 5.91 Å². The summed E-state index contributed by atoms with van der Waals surface area (Å²) in [5.74, 6) is -0.0509. The Morgan fingerprint density at radius 1 is 0.429 bits per heavy atom. The van der Waals surface area contributed by atoms with Crippen LogP contribution < -0.4 is 5.32 Å². The molecule has 0 bridgehead atoms. The molecule has 0 aliphatic rings. The van der Waals surface area contributed by atoms with Crippen LogP contribution in [0.4, 0.5) is 0 Å². The molecule has 0 fully saturated rings. The highest BCUT2D eigenvalue weighted by Gasteiger charge is 2.18. The van der Waals surface area contributed by atoms with Crippen molar-refractivity contribution in [2.24, 2.45) is 0 Å². The molecule has 2 unspecified atom stereocenters. The molecule has 0 aromatic rings. The van der Waals surface area contributed by atoms with E-state index in [-0.39, 0.29) is 18.5 Å². The van der Waals surface area contributed by atoms with Crippen molar-refractivity contribution >= 4 is 11.9 Å². The predicted molar refractivity (Wildman–Crippen MR) is 273 cm³/mol. The highest BCUT2D eigenvalue weighted by molar-refractivity contribution is 5.76. The fourth-order valence-corrected chi connectivity index (χ4v) is 8.93. The van der Waals surface area contributed by atoms with Crippen molar-refractivity contribution in [3.05, 3.63) is 12.2 Å². The lowest BCUT2D eigenvalue weighted by molar-refractivity contribution is -0.143.